The van der Waals surface area contributed by atoms with E-state index in [-0.39, 0.29) is 21.4 Å². The van der Waals surface area contributed by atoms with Crippen LogP contribution in [0, 0.1) is 0 Å². The molecule has 2 heterocycles. The topological polar surface area (TPSA) is 86.4 Å². The lowest BCUT2D eigenvalue weighted by Gasteiger charge is -2.10. The van der Waals surface area contributed by atoms with Crippen LogP contribution in [0.4, 0.5) is 5.69 Å². The van der Waals surface area contributed by atoms with Crippen LogP contribution in [0.2, 0.25) is 10.0 Å². The van der Waals surface area contributed by atoms with E-state index in [1.807, 2.05) is 18.2 Å². The predicted molar refractivity (Wildman–Crippen MR) is 117 cm³/mol. The van der Waals surface area contributed by atoms with E-state index < -0.39 is 18.5 Å². The lowest BCUT2D eigenvalue weighted by atomic mass is 10.3. The number of nitrogens with one attached hydrogen (secondary N) is 1. The third-order valence-electron chi connectivity index (χ3n) is 4.25. The molecule has 0 aliphatic carbocycles. The number of esters is 1. The minimum absolute atomic E-state index is 0.140. The molecule has 0 saturated carbocycles. The van der Waals surface area contributed by atoms with Crippen LogP contribution in [0.3, 0.4) is 0 Å². The summed E-state index contributed by atoms with van der Waals surface area (Å²) in [6.07, 6.45) is 1.51. The van der Waals surface area contributed by atoms with E-state index in [0.29, 0.717) is 17.1 Å². The van der Waals surface area contributed by atoms with Crippen molar-refractivity contribution in [1.82, 2.24) is 9.78 Å². The van der Waals surface area contributed by atoms with Crippen LogP contribution in [0.5, 0.6) is 0 Å². The first kappa shape index (κ1) is 20.7. The summed E-state index contributed by atoms with van der Waals surface area (Å²) < 4.78 is 12.0. The Bertz CT molecular complexity index is 1200. The molecule has 0 atom stereocenters. The number of carbonyl (C=O) groups is 2. The van der Waals surface area contributed by atoms with Gasteiger partial charge in [-0.3, -0.25) is 4.79 Å². The Balaban J connectivity index is 1.53. The highest BCUT2D eigenvalue weighted by Gasteiger charge is 2.21. The zero-order chi connectivity index (χ0) is 21.8. The van der Waals surface area contributed by atoms with Crippen molar-refractivity contribution in [3.05, 3.63) is 88.7 Å². The molecule has 0 aliphatic heterocycles. The van der Waals surface area contributed by atoms with Gasteiger partial charge in [-0.2, -0.15) is 5.10 Å². The molecular formula is C22H15Cl2N3O4. The first-order valence-electron chi connectivity index (χ1n) is 9.13. The fraction of sp³-hybridized carbons (Fsp3) is 0.0455. The summed E-state index contributed by atoms with van der Waals surface area (Å²) in [6, 6.07) is 18.9. The molecule has 1 amide bonds. The van der Waals surface area contributed by atoms with Gasteiger partial charge in [0.1, 0.15) is 5.69 Å². The highest BCUT2D eigenvalue weighted by atomic mass is 35.5. The summed E-state index contributed by atoms with van der Waals surface area (Å²) in [5.41, 5.74) is 1.50. The lowest BCUT2D eigenvalue weighted by Crippen LogP contribution is -2.22. The number of rotatable bonds is 6. The Hall–Kier alpha value is -3.55. The summed E-state index contributed by atoms with van der Waals surface area (Å²) in [5.74, 6) is -0.815. The molecule has 0 bridgehead atoms. The molecule has 31 heavy (non-hydrogen) atoms. The van der Waals surface area contributed by atoms with E-state index >= 15 is 0 Å². The van der Waals surface area contributed by atoms with Crippen molar-refractivity contribution in [2.45, 2.75) is 0 Å². The number of hydrogen-bond donors (Lipinski definition) is 1. The third-order valence-corrected chi connectivity index (χ3v) is 4.88. The van der Waals surface area contributed by atoms with E-state index in [1.165, 1.54) is 17.0 Å². The highest BCUT2D eigenvalue weighted by Crippen LogP contribution is 2.29. The number of carbonyl (C=O) groups excluding carboxylic acids is 2. The predicted octanol–water partition coefficient (Wildman–Crippen LogP) is 5.23. The maximum absolute atomic E-state index is 12.8. The Morgan fingerprint density at radius 3 is 2.42 bits per heavy atom. The second-order valence-corrected chi connectivity index (χ2v) is 7.17. The Kier molecular flexibility index (Phi) is 6.06. The molecule has 0 saturated heterocycles. The number of anilines is 1. The molecule has 4 rings (SSSR count). The molecule has 0 unspecified atom stereocenters. The van der Waals surface area contributed by atoms with Crippen LogP contribution in [0.25, 0.3) is 17.1 Å². The molecule has 156 valence electrons. The number of furan rings is 1. The molecule has 7 nitrogen and oxygen atoms in total. The number of ether oxygens (including phenoxy) is 1. The fourth-order valence-corrected chi connectivity index (χ4v) is 3.33. The van der Waals surface area contributed by atoms with Gasteiger partial charge >= 0.3 is 5.97 Å². The number of halogens is 2. The largest absolute Gasteiger partial charge is 0.463 e. The molecule has 9 heteroatoms. The molecule has 0 spiro atoms. The number of hydrogen-bond acceptors (Lipinski definition) is 5. The van der Waals surface area contributed by atoms with Crippen molar-refractivity contribution in [2.24, 2.45) is 0 Å². The average Bonchev–Trinajstić information content (AvgIpc) is 3.45. The summed E-state index contributed by atoms with van der Waals surface area (Å²) in [6.45, 7) is -0.531. The minimum atomic E-state index is -0.727. The number of aromatic nitrogens is 2. The van der Waals surface area contributed by atoms with Crippen molar-refractivity contribution in [3.63, 3.8) is 0 Å². The SMILES string of the molecule is O=C(COC(=O)c1cc(-c2ccco2)nn1-c1ccccc1)Nc1c(Cl)cccc1Cl. The van der Waals surface area contributed by atoms with E-state index in [2.05, 4.69) is 10.4 Å². The Morgan fingerprint density at radius 1 is 1.00 bits per heavy atom. The molecule has 0 fully saturated rings. The zero-order valence-electron chi connectivity index (χ0n) is 15.9. The summed E-state index contributed by atoms with van der Waals surface area (Å²) in [7, 11) is 0. The molecule has 0 aliphatic rings. The van der Waals surface area contributed by atoms with Gasteiger partial charge in [0.05, 0.1) is 27.7 Å². The number of benzene rings is 2. The van der Waals surface area contributed by atoms with Gasteiger partial charge < -0.3 is 14.5 Å². The maximum Gasteiger partial charge on any atom is 0.357 e. The normalized spacial score (nSPS) is 10.6. The van der Waals surface area contributed by atoms with Crippen LogP contribution in [-0.2, 0) is 9.53 Å². The van der Waals surface area contributed by atoms with Gasteiger partial charge in [0.2, 0.25) is 0 Å². The summed E-state index contributed by atoms with van der Waals surface area (Å²) >= 11 is 12.1. The van der Waals surface area contributed by atoms with Crippen LogP contribution in [-0.4, -0.2) is 28.3 Å². The standard InChI is InChI=1S/C22H15Cl2N3O4/c23-15-8-4-9-16(24)21(15)25-20(28)13-31-22(29)18-12-17(19-10-5-11-30-19)26-27(18)14-6-2-1-3-7-14/h1-12H,13H2,(H,25,28). The smallest absolute Gasteiger partial charge is 0.357 e. The van der Waals surface area contributed by atoms with Crippen LogP contribution in [0.15, 0.2) is 77.4 Å². The van der Waals surface area contributed by atoms with Crippen molar-refractivity contribution in [3.8, 4) is 17.1 Å². The number of amides is 1. The van der Waals surface area contributed by atoms with Crippen molar-refractivity contribution >= 4 is 40.8 Å². The van der Waals surface area contributed by atoms with Crippen molar-refractivity contribution in [2.75, 3.05) is 11.9 Å². The fourth-order valence-electron chi connectivity index (χ4n) is 2.84. The molecular weight excluding hydrogens is 441 g/mol. The van der Waals surface area contributed by atoms with Gasteiger partial charge in [0.25, 0.3) is 5.91 Å². The second kappa shape index (κ2) is 9.07. The molecule has 4 aromatic rings. The van der Waals surface area contributed by atoms with Gasteiger partial charge in [-0.1, -0.05) is 47.5 Å². The summed E-state index contributed by atoms with van der Waals surface area (Å²) in [5, 5.41) is 7.54. The number of nitrogens with zero attached hydrogens (tertiary/aromatic N) is 2. The van der Waals surface area contributed by atoms with E-state index in [9.17, 15) is 9.59 Å². The van der Waals surface area contributed by atoms with Gasteiger partial charge in [-0.05, 0) is 36.4 Å². The van der Waals surface area contributed by atoms with E-state index in [1.54, 1.807) is 42.5 Å². The van der Waals surface area contributed by atoms with E-state index in [4.69, 9.17) is 32.4 Å². The van der Waals surface area contributed by atoms with Gasteiger partial charge in [-0.15, -0.1) is 0 Å². The third kappa shape index (κ3) is 4.63. The second-order valence-electron chi connectivity index (χ2n) is 6.36. The highest BCUT2D eigenvalue weighted by molar-refractivity contribution is 6.39. The molecule has 2 aromatic heterocycles. The van der Waals surface area contributed by atoms with Crippen molar-refractivity contribution < 1.29 is 18.7 Å². The van der Waals surface area contributed by atoms with Crippen LogP contribution < -0.4 is 5.32 Å². The maximum atomic E-state index is 12.8. The molecule has 0 radical (unpaired) electrons. The van der Waals surface area contributed by atoms with Gasteiger partial charge in [-0.25, -0.2) is 9.48 Å². The number of para-hydroxylation sites is 2. The monoisotopic (exact) mass is 455 g/mol. The minimum Gasteiger partial charge on any atom is -0.463 e. The summed E-state index contributed by atoms with van der Waals surface area (Å²) in [4.78, 5) is 25.0. The van der Waals surface area contributed by atoms with Gasteiger partial charge in [0, 0.05) is 6.07 Å². The zero-order valence-corrected chi connectivity index (χ0v) is 17.4. The Labute approximate surface area is 187 Å². The average molecular weight is 456 g/mol. The van der Waals surface area contributed by atoms with Crippen LogP contribution >= 0.6 is 23.2 Å². The quantitative estimate of drug-likeness (QED) is 0.402. The van der Waals surface area contributed by atoms with Crippen LogP contribution in [0.1, 0.15) is 10.5 Å². The molecule has 1 N–H and O–H groups in total. The first-order chi connectivity index (χ1) is 15.0. The van der Waals surface area contributed by atoms with Crippen molar-refractivity contribution in [1.29, 1.82) is 0 Å². The Morgan fingerprint density at radius 2 is 1.74 bits per heavy atom. The lowest BCUT2D eigenvalue weighted by molar-refractivity contribution is -0.119. The van der Waals surface area contributed by atoms with Gasteiger partial charge in [0.15, 0.2) is 18.1 Å². The van der Waals surface area contributed by atoms with E-state index in [0.717, 1.165) is 0 Å². The first-order valence-corrected chi connectivity index (χ1v) is 9.89. The molecule has 2 aromatic carbocycles.